The number of anilines is 2. The standard InChI is InChI=1S/C14H9BrClN3O/c15-10-4-9(5-11(16)6-10)14(20)19-13-2-1-8(7-17)3-12(13)18/h1-6H,18H2,(H,19,20). The number of amides is 1. The van der Waals surface area contributed by atoms with E-state index in [0.717, 1.165) is 0 Å². The van der Waals surface area contributed by atoms with Crippen LogP contribution in [0, 0.1) is 11.3 Å². The largest absolute Gasteiger partial charge is 0.397 e. The number of rotatable bonds is 2. The zero-order valence-electron chi connectivity index (χ0n) is 10.2. The van der Waals surface area contributed by atoms with Crippen molar-refractivity contribution in [2.45, 2.75) is 0 Å². The fourth-order valence-electron chi connectivity index (χ4n) is 1.63. The van der Waals surface area contributed by atoms with Crippen LogP contribution in [-0.4, -0.2) is 5.91 Å². The highest BCUT2D eigenvalue weighted by Gasteiger charge is 2.10. The van der Waals surface area contributed by atoms with Gasteiger partial charge in [0.1, 0.15) is 0 Å². The summed E-state index contributed by atoms with van der Waals surface area (Å²) in [6.45, 7) is 0. The number of nitrogens with zero attached hydrogens (tertiary/aromatic N) is 1. The SMILES string of the molecule is N#Cc1ccc(NC(=O)c2cc(Cl)cc(Br)c2)c(N)c1. The Morgan fingerprint density at radius 1 is 1.30 bits per heavy atom. The minimum absolute atomic E-state index is 0.329. The van der Waals surface area contributed by atoms with Gasteiger partial charge in [0, 0.05) is 15.1 Å². The third-order valence-electron chi connectivity index (χ3n) is 2.55. The second kappa shape index (κ2) is 5.95. The smallest absolute Gasteiger partial charge is 0.255 e. The Morgan fingerprint density at radius 2 is 2.05 bits per heavy atom. The Hall–Kier alpha value is -2.03. The molecule has 0 spiro atoms. The number of hydrogen-bond acceptors (Lipinski definition) is 3. The average molecular weight is 351 g/mol. The van der Waals surface area contributed by atoms with Gasteiger partial charge in [0.15, 0.2) is 0 Å². The molecule has 0 aliphatic heterocycles. The van der Waals surface area contributed by atoms with E-state index in [2.05, 4.69) is 21.2 Å². The second-order valence-electron chi connectivity index (χ2n) is 4.03. The molecule has 0 heterocycles. The third-order valence-corrected chi connectivity index (χ3v) is 3.23. The summed E-state index contributed by atoms with van der Waals surface area (Å²) in [5.41, 5.74) is 7.41. The lowest BCUT2D eigenvalue weighted by Gasteiger charge is -2.09. The molecular formula is C14H9BrClN3O. The maximum Gasteiger partial charge on any atom is 0.255 e. The molecule has 2 aromatic carbocycles. The molecule has 6 heteroatoms. The van der Waals surface area contributed by atoms with Crippen LogP contribution in [0.25, 0.3) is 0 Å². The van der Waals surface area contributed by atoms with Crippen LogP contribution >= 0.6 is 27.5 Å². The molecule has 0 aliphatic rings. The van der Waals surface area contributed by atoms with Gasteiger partial charge >= 0.3 is 0 Å². The lowest BCUT2D eigenvalue weighted by molar-refractivity contribution is 0.102. The molecule has 0 atom stereocenters. The molecule has 0 saturated heterocycles. The predicted octanol–water partition coefficient (Wildman–Crippen LogP) is 3.81. The number of nitrogen functional groups attached to an aromatic ring is 1. The molecule has 1 amide bonds. The molecule has 0 fully saturated rings. The highest BCUT2D eigenvalue weighted by Crippen LogP contribution is 2.23. The van der Waals surface area contributed by atoms with Crippen molar-refractivity contribution in [2.75, 3.05) is 11.1 Å². The van der Waals surface area contributed by atoms with E-state index in [1.165, 1.54) is 6.07 Å². The first-order chi connectivity index (χ1) is 9.49. The molecule has 100 valence electrons. The number of halogens is 2. The van der Waals surface area contributed by atoms with Gasteiger partial charge in [0.2, 0.25) is 0 Å². The average Bonchev–Trinajstić information content (AvgIpc) is 2.39. The number of carbonyl (C=O) groups excluding carboxylic acids is 1. The summed E-state index contributed by atoms with van der Waals surface area (Å²) in [5, 5.41) is 11.9. The lowest BCUT2D eigenvalue weighted by atomic mass is 10.1. The van der Waals surface area contributed by atoms with Gasteiger partial charge in [-0.05, 0) is 36.4 Å². The van der Waals surface area contributed by atoms with Gasteiger partial charge in [-0.3, -0.25) is 4.79 Å². The first-order valence-corrected chi connectivity index (χ1v) is 6.74. The maximum absolute atomic E-state index is 12.1. The van der Waals surface area contributed by atoms with Crippen molar-refractivity contribution in [3.05, 3.63) is 57.0 Å². The second-order valence-corrected chi connectivity index (χ2v) is 5.38. The quantitative estimate of drug-likeness (QED) is 0.808. The van der Waals surface area contributed by atoms with Crippen molar-refractivity contribution < 1.29 is 4.79 Å². The molecule has 0 unspecified atom stereocenters. The number of nitriles is 1. The van der Waals surface area contributed by atoms with E-state index in [-0.39, 0.29) is 5.91 Å². The Kier molecular flexibility index (Phi) is 4.28. The zero-order chi connectivity index (χ0) is 14.7. The van der Waals surface area contributed by atoms with Gasteiger partial charge in [0.05, 0.1) is 23.0 Å². The van der Waals surface area contributed by atoms with Gasteiger partial charge in [0.25, 0.3) is 5.91 Å². The fraction of sp³-hybridized carbons (Fsp3) is 0. The monoisotopic (exact) mass is 349 g/mol. The van der Waals surface area contributed by atoms with E-state index >= 15 is 0 Å². The molecule has 2 rings (SSSR count). The van der Waals surface area contributed by atoms with Crippen LogP contribution in [0.5, 0.6) is 0 Å². The van der Waals surface area contributed by atoms with E-state index in [0.29, 0.717) is 32.0 Å². The fourth-order valence-corrected chi connectivity index (χ4v) is 2.49. The number of hydrogen-bond donors (Lipinski definition) is 2. The molecule has 0 radical (unpaired) electrons. The van der Waals surface area contributed by atoms with Crippen LogP contribution in [-0.2, 0) is 0 Å². The first kappa shape index (κ1) is 14.4. The van der Waals surface area contributed by atoms with Crippen LogP contribution in [0.3, 0.4) is 0 Å². The summed E-state index contributed by atoms with van der Waals surface area (Å²) >= 11 is 9.17. The van der Waals surface area contributed by atoms with Gasteiger partial charge < -0.3 is 11.1 Å². The Labute approximate surface area is 129 Å². The third kappa shape index (κ3) is 3.29. The summed E-state index contributed by atoms with van der Waals surface area (Å²) in [7, 11) is 0. The van der Waals surface area contributed by atoms with E-state index in [1.54, 1.807) is 30.3 Å². The van der Waals surface area contributed by atoms with Gasteiger partial charge in [-0.2, -0.15) is 5.26 Å². The van der Waals surface area contributed by atoms with Crippen molar-refractivity contribution in [1.29, 1.82) is 5.26 Å². The van der Waals surface area contributed by atoms with E-state index in [4.69, 9.17) is 22.6 Å². The number of carbonyl (C=O) groups is 1. The van der Waals surface area contributed by atoms with Crippen LogP contribution in [0.2, 0.25) is 5.02 Å². The summed E-state index contributed by atoms with van der Waals surface area (Å²) in [4.78, 5) is 12.1. The molecule has 2 aromatic rings. The van der Waals surface area contributed by atoms with Crippen LogP contribution in [0.1, 0.15) is 15.9 Å². The highest BCUT2D eigenvalue weighted by atomic mass is 79.9. The van der Waals surface area contributed by atoms with Crippen molar-refractivity contribution in [2.24, 2.45) is 0 Å². The normalized spacial score (nSPS) is 9.85. The van der Waals surface area contributed by atoms with Gasteiger partial charge in [-0.1, -0.05) is 27.5 Å². The zero-order valence-corrected chi connectivity index (χ0v) is 12.5. The molecule has 0 saturated carbocycles. The van der Waals surface area contributed by atoms with Crippen molar-refractivity contribution in [1.82, 2.24) is 0 Å². The van der Waals surface area contributed by atoms with Crippen molar-refractivity contribution >= 4 is 44.8 Å². The van der Waals surface area contributed by atoms with Crippen LogP contribution in [0.15, 0.2) is 40.9 Å². The number of nitrogens with one attached hydrogen (secondary N) is 1. The summed E-state index contributed by atoms with van der Waals surface area (Å²) in [6.07, 6.45) is 0. The molecule has 0 aliphatic carbocycles. The summed E-state index contributed by atoms with van der Waals surface area (Å²) < 4.78 is 0.711. The maximum atomic E-state index is 12.1. The Bertz CT molecular complexity index is 705. The van der Waals surface area contributed by atoms with Crippen LogP contribution < -0.4 is 11.1 Å². The Morgan fingerprint density at radius 3 is 2.65 bits per heavy atom. The molecule has 3 N–H and O–H groups in total. The molecule has 0 bridgehead atoms. The van der Waals surface area contributed by atoms with E-state index < -0.39 is 0 Å². The lowest BCUT2D eigenvalue weighted by Crippen LogP contribution is -2.13. The van der Waals surface area contributed by atoms with E-state index in [1.807, 2.05) is 6.07 Å². The molecular weight excluding hydrogens is 342 g/mol. The van der Waals surface area contributed by atoms with Crippen molar-refractivity contribution in [3.63, 3.8) is 0 Å². The number of nitrogens with two attached hydrogens (primary N) is 1. The van der Waals surface area contributed by atoms with Gasteiger partial charge in [-0.25, -0.2) is 0 Å². The van der Waals surface area contributed by atoms with Crippen molar-refractivity contribution in [3.8, 4) is 6.07 Å². The number of benzene rings is 2. The van der Waals surface area contributed by atoms with Crippen LogP contribution in [0.4, 0.5) is 11.4 Å². The molecule has 20 heavy (non-hydrogen) atoms. The Balaban J connectivity index is 2.26. The first-order valence-electron chi connectivity index (χ1n) is 5.56. The summed E-state index contributed by atoms with van der Waals surface area (Å²) in [6, 6.07) is 11.6. The minimum atomic E-state index is -0.329. The topological polar surface area (TPSA) is 78.9 Å². The highest BCUT2D eigenvalue weighted by molar-refractivity contribution is 9.10. The summed E-state index contributed by atoms with van der Waals surface area (Å²) in [5.74, 6) is -0.329. The predicted molar refractivity (Wildman–Crippen MR) is 82.7 cm³/mol. The van der Waals surface area contributed by atoms with E-state index in [9.17, 15) is 4.79 Å². The molecule has 4 nitrogen and oxygen atoms in total. The minimum Gasteiger partial charge on any atom is -0.397 e. The molecule has 0 aromatic heterocycles. The van der Waals surface area contributed by atoms with Gasteiger partial charge in [-0.15, -0.1) is 0 Å².